The van der Waals surface area contributed by atoms with Gasteiger partial charge in [0.15, 0.2) is 0 Å². The Kier molecular flexibility index (Phi) is 3.61. The summed E-state index contributed by atoms with van der Waals surface area (Å²) >= 11 is 0. The molecular weight excluding hydrogens is 150 g/mol. The molecule has 0 saturated heterocycles. The Hall–Kier alpha value is -1.02. The molecule has 0 aliphatic heterocycles. The molecule has 0 radical (unpaired) electrons. The smallest absolute Gasteiger partial charge is 0.119 e. The Morgan fingerprint density at radius 2 is 2.25 bits per heavy atom. The third-order valence-corrected chi connectivity index (χ3v) is 1.76. The van der Waals surface area contributed by atoms with Crippen molar-refractivity contribution in [1.82, 2.24) is 0 Å². The summed E-state index contributed by atoms with van der Waals surface area (Å²) < 4.78 is 5.10. The summed E-state index contributed by atoms with van der Waals surface area (Å²) in [5.41, 5.74) is 1.28. The van der Waals surface area contributed by atoms with Gasteiger partial charge in [-0.2, -0.15) is 7.05 Å². The Balaban J connectivity index is 2.60. The van der Waals surface area contributed by atoms with Crippen LogP contribution in [0, 0.1) is 0 Å². The van der Waals surface area contributed by atoms with Crippen molar-refractivity contribution in [3.05, 3.63) is 35.1 Å². The van der Waals surface area contributed by atoms with Crippen LogP contribution in [0.25, 0.3) is 5.32 Å². The molecule has 0 unspecified atom stereocenters. The summed E-state index contributed by atoms with van der Waals surface area (Å²) in [4.78, 5) is 0. The van der Waals surface area contributed by atoms with Crippen LogP contribution in [-0.4, -0.2) is 20.7 Å². The first-order valence-corrected chi connectivity index (χ1v) is 4.05. The van der Waals surface area contributed by atoms with Crippen molar-refractivity contribution in [3.63, 3.8) is 0 Å². The van der Waals surface area contributed by atoms with Gasteiger partial charge in [0.1, 0.15) is 5.75 Å². The highest BCUT2D eigenvalue weighted by Gasteiger charge is 1.91. The van der Waals surface area contributed by atoms with E-state index in [4.69, 9.17) is 4.74 Å². The molecule has 0 saturated carbocycles. The zero-order valence-corrected chi connectivity index (χ0v) is 7.58. The van der Waals surface area contributed by atoms with Gasteiger partial charge in [-0.15, -0.1) is 6.54 Å². The van der Waals surface area contributed by atoms with E-state index in [-0.39, 0.29) is 0 Å². The molecule has 1 aromatic rings. The molecule has 2 heteroatoms. The van der Waals surface area contributed by atoms with E-state index in [1.807, 2.05) is 25.2 Å². The van der Waals surface area contributed by atoms with Crippen LogP contribution in [0.5, 0.6) is 5.75 Å². The van der Waals surface area contributed by atoms with Gasteiger partial charge in [-0.3, -0.25) is 0 Å². The zero-order valence-electron chi connectivity index (χ0n) is 7.58. The second kappa shape index (κ2) is 4.78. The van der Waals surface area contributed by atoms with Gasteiger partial charge >= 0.3 is 0 Å². The topological polar surface area (TPSA) is 23.3 Å². The van der Waals surface area contributed by atoms with E-state index in [0.29, 0.717) is 0 Å². The first-order valence-electron chi connectivity index (χ1n) is 4.05. The van der Waals surface area contributed by atoms with Crippen molar-refractivity contribution in [2.45, 2.75) is 6.42 Å². The normalized spacial score (nSPS) is 9.83. The largest absolute Gasteiger partial charge is 0.665 e. The molecule has 0 fully saturated rings. The van der Waals surface area contributed by atoms with Gasteiger partial charge in [0, 0.05) is 0 Å². The number of benzene rings is 1. The summed E-state index contributed by atoms with van der Waals surface area (Å²) in [6.07, 6.45) is 0.994. The number of nitrogens with zero attached hydrogens (tertiary/aromatic N) is 1. The molecule has 66 valence electrons. The molecule has 0 atom stereocenters. The van der Waals surface area contributed by atoms with E-state index in [1.165, 1.54) is 5.56 Å². The van der Waals surface area contributed by atoms with Gasteiger partial charge in [0.25, 0.3) is 0 Å². The molecule has 0 aromatic heterocycles. The maximum Gasteiger partial charge on any atom is 0.119 e. The van der Waals surface area contributed by atoms with E-state index >= 15 is 0 Å². The van der Waals surface area contributed by atoms with Crippen LogP contribution >= 0.6 is 0 Å². The standard InChI is InChI=1S/C10H14NO/c1-11-7-6-9-4-3-5-10(8-9)12-2/h3-5,8H,6-7H2,1-2H3/q-1. The third kappa shape index (κ3) is 2.55. The Morgan fingerprint density at radius 1 is 1.42 bits per heavy atom. The van der Waals surface area contributed by atoms with Crippen LogP contribution in [0.15, 0.2) is 24.3 Å². The third-order valence-electron chi connectivity index (χ3n) is 1.76. The van der Waals surface area contributed by atoms with E-state index in [2.05, 4.69) is 11.4 Å². The highest BCUT2D eigenvalue weighted by molar-refractivity contribution is 5.28. The number of hydrogen-bond donors (Lipinski definition) is 0. The van der Waals surface area contributed by atoms with E-state index in [0.717, 1.165) is 18.7 Å². The number of rotatable bonds is 4. The van der Waals surface area contributed by atoms with Crippen LogP contribution in [-0.2, 0) is 6.42 Å². The van der Waals surface area contributed by atoms with Crippen molar-refractivity contribution in [2.24, 2.45) is 0 Å². The lowest BCUT2D eigenvalue weighted by atomic mass is 10.1. The molecule has 0 aliphatic carbocycles. The van der Waals surface area contributed by atoms with Gasteiger partial charge in [0.2, 0.25) is 0 Å². The molecule has 12 heavy (non-hydrogen) atoms. The quantitative estimate of drug-likeness (QED) is 0.669. The predicted molar refractivity (Wildman–Crippen MR) is 50.8 cm³/mol. The van der Waals surface area contributed by atoms with Crippen LogP contribution in [0.3, 0.4) is 0 Å². The van der Waals surface area contributed by atoms with Crippen LogP contribution in [0.1, 0.15) is 5.56 Å². The number of methoxy groups -OCH3 is 1. The minimum atomic E-state index is 0.882. The van der Waals surface area contributed by atoms with Crippen molar-refractivity contribution < 1.29 is 4.74 Å². The highest BCUT2D eigenvalue weighted by atomic mass is 16.5. The van der Waals surface area contributed by atoms with Gasteiger partial charge in [-0.1, -0.05) is 12.1 Å². The SMILES string of the molecule is C[N-]CCc1cccc(OC)c1. The summed E-state index contributed by atoms with van der Waals surface area (Å²) in [6, 6.07) is 8.09. The minimum Gasteiger partial charge on any atom is -0.665 e. The molecule has 2 nitrogen and oxygen atoms in total. The van der Waals surface area contributed by atoms with Crippen LogP contribution in [0.2, 0.25) is 0 Å². The molecule has 0 amide bonds. The maximum absolute atomic E-state index is 5.10. The summed E-state index contributed by atoms with van der Waals surface area (Å²) in [7, 11) is 3.52. The average Bonchev–Trinajstić information content (AvgIpc) is 2.15. The fourth-order valence-electron chi connectivity index (χ4n) is 1.07. The molecule has 0 aliphatic rings. The number of ether oxygens (including phenoxy) is 1. The number of hydrogen-bond acceptors (Lipinski definition) is 1. The Morgan fingerprint density at radius 3 is 2.92 bits per heavy atom. The van der Waals surface area contributed by atoms with Crippen molar-refractivity contribution in [3.8, 4) is 5.75 Å². The predicted octanol–water partition coefficient (Wildman–Crippen LogP) is 2.24. The van der Waals surface area contributed by atoms with Gasteiger partial charge < -0.3 is 10.1 Å². The fraction of sp³-hybridized carbons (Fsp3) is 0.400. The Labute approximate surface area is 73.6 Å². The lowest BCUT2D eigenvalue weighted by Crippen LogP contribution is -1.91. The number of likely N-dealkylation sites (N-methyl/N-ethyl adjacent to an activating group) is 1. The lowest BCUT2D eigenvalue weighted by molar-refractivity contribution is 0.414. The van der Waals surface area contributed by atoms with Crippen LogP contribution in [0.4, 0.5) is 0 Å². The van der Waals surface area contributed by atoms with E-state index in [1.54, 1.807) is 7.11 Å². The fourth-order valence-corrected chi connectivity index (χ4v) is 1.07. The lowest BCUT2D eigenvalue weighted by Gasteiger charge is -2.10. The summed E-state index contributed by atoms with van der Waals surface area (Å²) in [5.74, 6) is 0.920. The molecule has 0 N–H and O–H groups in total. The van der Waals surface area contributed by atoms with Gasteiger partial charge in [-0.25, -0.2) is 0 Å². The Bertz CT molecular complexity index is 235. The van der Waals surface area contributed by atoms with Crippen molar-refractivity contribution in [2.75, 3.05) is 20.7 Å². The highest BCUT2D eigenvalue weighted by Crippen LogP contribution is 2.12. The van der Waals surface area contributed by atoms with Crippen LogP contribution < -0.4 is 4.74 Å². The summed E-state index contributed by atoms with van der Waals surface area (Å²) in [6.45, 7) is 0.882. The molecule has 0 heterocycles. The van der Waals surface area contributed by atoms with Gasteiger partial charge in [-0.05, 0) is 24.1 Å². The average molecular weight is 164 g/mol. The van der Waals surface area contributed by atoms with E-state index < -0.39 is 0 Å². The first-order chi connectivity index (χ1) is 5.86. The maximum atomic E-state index is 5.10. The molecule has 1 rings (SSSR count). The molecular formula is C10H14NO-. The zero-order chi connectivity index (χ0) is 8.81. The van der Waals surface area contributed by atoms with Crippen molar-refractivity contribution in [1.29, 1.82) is 0 Å². The van der Waals surface area contributed by atoms with E-state index in [9.17, 15) is 0 Å². The minimum absolute atomic E-state index is 0.882. The molecule has 0 spiro atoms. The molecule has 1 aromatic carbocycles. The second-order valence-electron chi connectivity index (χ2n) is 2.64. The van der Waals surface area contributed by atoms with Gasteiger partial charge in [0.05, 0.1) is 7.11 Å². The van der Waals surface area contributed by atoms with Crippen molar-refractivity contribution >= 4 is 0 Å². The molecule has 0 bridgehead atoms. The second-order valence-corrected chi connectivity index (χ2v) is 2.64. The summed E-state index contributed by atoms with van der Waals surface area (Å²) in [5, 5.41) is 4.05. The first kappa shape index (κ1) is 9.07. The monoisotopic (exact) mass is 164 g/mol.